The maximum atomic E-state index is 12.8. The molecule has 1 aromatic carbocycles. The van der Waals surface area contributed by atoms with Crippen molar-refractivity contribution in [1.29, 1.82) is 0 Å². The zero-order valence-electron chi connectivity index (χ0n) is 17.7. The first-order valence-corrected chi connectivity index (χ1v) is 10.6. The Bertz CT molecular complexity index is 913. The number of ether oxygens (including phenoxy) is 2. The summed E-state index contributed by atoms with van der Waals surface area (Å²) in [4.78, 5) is 24.4. The van der Waals surface area contributed by atoms with Crippen LogP contribution in [0, 0.1) is 0 Å². The lowest BCUT2D eigenvalue weighted by Crippen LogP contribution is -2.44. The molecule has 2 atom stereocenters. The van der Waals surface area contributed by atoms with Crippen LogP contribution in [-0.2, 0) is 27.2 Å². The second kappa shape index (κ2) is 9.49. The summed E-state index contributed by atoms with van der Waals surface area (Å²) in [6.45, 7) is 5.68. The maximum Gasteiger partial charge on any atom is 0.139 e. The van der Waals surface area contributed by atoms with Gasteiger partial charge in [-0.25, -0.2) is 0 Å². The zero-order chi connectivity index (χ0) is 20.9. The van der Waals surface area contributed by atoms with E-state index in [1.54, 1.807) is 7.11 Å². The number of benzene rings is 1. The first kappa shape index (κ1) is 20.7. The first-order valence-electron chi connectivity index (χ1n) is 10.6. The number of morpholine rings is 1. The minimum Gasteiger partial charge on any atom is -0.384 e. The monoisotopic (exact) mass is 407 g/mol. The van der Waals surface area contributed by atoms with Gasteiger partial charge in [-0.15, -0.1) is 0 Å². The number of aromatic nitrogens is 1. The van der Waals surface area contributed by atoms with E-state index in [1.165, 1.54) is 0 Å². The molecule has 0 saturated carbocycles. The molecule has 6 heteroatoms. The van der Waals surface area contributed by atoms with Crippen molar-refractivity contribution in [3.63, 3.8) is 0 Å². The lowest BCUT2D eigenvalue weighted by atomic mass is 9.93. The van der Waals surface area contributed by atoms with Crippen molar-refractivity contribution in [2.24, 2.45) is 4.99 Å². The van der Waals surface area contributed by atoms with Gasteiger partial charge in [-0.2, -0.15) is 0 Å². The number of pyridine rings is 1. The van der Waals surface area contributed by atoms with Crippen LogP contribution in [0.2, 0.25) is 0 Å². The molecule has 3 heterocycles. The van der Waals surface area contributed by atoms with Crippen molar-refractivity contribution in [1.82, 2.24) is 9.88 Å². The van der Waals surface area contributed by atoms with E-state index >= 15 is 0 Å². The Morgan fingerprint density at radius 2 is 2.17 bits per heavy atom. The summed E-state index contributed by atoms with van der Waals surface area (Å²) in [6.07, 6.45) is 2.88. The van der Waals surface area contributed by atoms with Gasteiger partial charge in [-0.1, -0.05) is 30.3 Å². The molecule has 0 radical (unpaired) electrons. The topological polar surface area (TPSA) is 64.0 Å². The highest BCUT2D eigenvalue weighted by Gasteiger charge is 2.26. The van der Waals surface area contributed by atoms with E-state index in [0.29, 0.717) is 26.0 Å². The van der Waals surface area contributed by atoms with Gasteiger partial charge < -0.3 is 14.4 Å². The van der Waals surface area contributed by atoms with E-state index in [2.05, 4.69) is 28.9 Å². The molecule has 158 valence electrons. The van der Waals surface area contributed by atoms with Crippen LogP contribution in [0.1, 0.15) is 41.6 Å². The number of hydrogen-bond acceptors (Lipinski definition) is 6. The molecule has 0 amide bonds. The fourth-order valence-corrected chi connectivity index (χ4v) is 4.25. The summed E-state index contributed by atoms with van der Waals surface area (Å²) in [6, 6.07) is 12.1. The number of hydrogen-bond donors (Lipinski definition) is 0. The lowest BCUT2D eigenvalue weighted by Gasteiger charge is -2.32. The third kappa shape index (κ3) is 4.77. The third-order valence-electron chi connectivity index (χ3n) is 5.72. The first-order chi connectivity index (χ1) is 14.6. The maximum absolute atomic E-state index is 12.8. The van der Waals surface area contributed by atoms with Crippen LogP contribution in [0.3, 0.4) is 0 Å². The van der Waals surface area contributed by atoms with Crippen molar-refractivity contribution in [2.45, 2.75) is 38.3 Å². The fraction of sp³-hybridized carbons (Fsp3) is 0.458. The van der Waals surface area contributed by atoms with Gasteiger partial charge >= 0.3 is 0 Å². The number of fused-ring (bicyclic) bond motifs is 1. The summed E-state index contributed by atoms with van der Waals surface area (Å²) < 4.78 is 11.0. The van der Waals surface area contributed by atoms with E-state index in [4.69, 9.17) is 14.5 Å². The van der Waals surface area contributed by atoms with Gasteiger partial charge in [0.2, 0.25) is 0 Å². The van der Waals surface area contributed by atoms with Crippen LogP contribution < -0.4 is 0 Å². The minimum absolute atomic E-state index is 0.0661. The molecule has 0 aliphatic carbocycles. The van der Waals surface area contributed by atoms with Crippen molar-refractivity contribution in [3.8, 4) is 0 Å². The van der Waals surface area contributed by atoms with Crippen molar-refractivity contribution in [2.75, 3.05) is 33.4 Å². The Balaban J connectivity index is 1.41. The van der Waals surface area contributed by atoms with E-state index in [1.807, 2.05) is 30.5 Å². The summed E-state index contributed by atoms with van der Waals surface area (Å²) in [5, 5.41) is 0. The Morgan fingerprint density at radius 3 is 2.93 bits per heavy atom. The number of amidine groups is 1. The highest BCUT2D eigenvalue weighted by molar-refractivity contribution is 6.01. The van der Waals surface area contributed by atoms with Crippen molar-refractivity contribution >= 4 is 11.6 Å². The predicted molar refractivity (Wildman–Crippen MR) is 116 cm³/mol. The van der Waals surface area contributed by atoms with E-state index in [-0.39, 0.29) is 17.8 Å². The molecule has 0 N–H and O–H groups in total. The number of methoxy groups -OCH3 is 1. The van der Waals surface area contributed by atoms with Gasteiger partial charge in [0, 0.05) is 56.4 Å². The second-order valence-electron chi connectivity index (χ2n) is 8.08. The highest BCUT2D eigenvalue weighted by atomic mass is 16.5. The Labute approximate surface area is 177 Å². The predicted octanol–water partition coefficient (Wildman–Crippen LogP) is 2.99. The summed E-state index contributed by atoms with van der Waals surface area (Å²) >= 11 is 0. The average Bonchev–Trinajstić information content (AvgIpc) is 3.17. The molecule has 1 unspecified atom stereocenters. The van der Waals surface area contributed by atoms with Crippen LogP contribution >= 0.6 is 0 Å². The van der Waals surface area contributed by atoms with Crippen LogP contribution in [-0.4, -0.2) is 61.0 Å². The van der Waals surface area contributed by atoms with Crippen LogP contribution in [0.5, 0.6) is 0 Å². The Morgan fingerprint density at radius 1 is 1.33 bits per heavy atom. The molecule has 2 aromatic rings. The largest absolute Gasteiger partial charge is 0.384 e. The van der Waals surface area contributed by atoms with Crippen LogP contribution in [0.25, 0.3) is 0 Å². The summed E-state index contributed by atoms with van der Waals surface area (Å²) in [5.74, 6) is 1.25. The number of rotatable bonds is 7. The number of ketones is 1. The van der Waals surface area contributed by atoms with Gasteiger partial charge in [-0.05, 0) is 24.1 Å². The molecule has 0 bridgehead atoms. The molecule has 2 aliphatic rings. The normalized spacial score (nSPS) is 19.3. The molecule has 6 nitrogen and oxygen atoms in total. The lowest BCUT2D eigenvalue weighted by molar-refractivity contribution is -0.119. The molecule has 2 aliphatic heterocycles. The third-order valence-corrected chi connectivity index (χ3v) is 5.72. The quantitative estimate of drug-likeness (QED) is 0.706. The number of nitrogens with zero attached hydrogens (tertiary/aromatic N) is 3. The molecule has 0 spiro atoms. The number of Topliss-reactive ketones (excluding diaryl/α,β-unsaturated/α-hetero) is 1. The number of carbonyl (C=O) groups is 1. The zero-order valence-corrected chi connectivity index (χ0v) is 17.7. The fourth-order valence-electron chi connectivity index (χ4n) is 4.25. The molecular formula is C24H29N3O3. The van der Waals surface area contributed by atoms with Gasteiger partial charge in [0.05, 0.1) is 25.9 Å². The molecule has 30 heavy (non-hydrogen) atoms. The molecule has 1 fully saturated rings. The SMILES string of the molecule is COC[C@@H](CC(=O)Cc1cc2c(cn1)C(N1CCOC(C)C1)=NC2)c1ccccc1. The minimum atomic E-state index is 0.0661. The summed E-state index contributed by atoms with van der Waals surface area (Å²) in [5.41, 5.74) is 4.18. The average molecular weight is 408 g/mol. The van der Waals surface area contributed by atoms with E-state index in [9.17, 15) is 4.79 Å². The van der Waals surface area contributed by atoms with Gasteiger partial charge in [0.25, 0.3) is 0 Å². The molecule has 4 rings (SSSR count). The van der Waals surface area contributed by atoms with Crippen molar-refractivity contribution in [3.05, 3.63) is 65.0 Å². The molecular weight excluding hydrogens is 378 g/mol. The van der Waals surface area contributed by atoms with E-state index in [0.717, 1.165) is 47.9 Å². The van der Waals surface area contributed by atoms with Gasteiger partial charge in [0.1, 0.15) is 11.6 Å². The Kier molecular flexibility index (Phi) is 6.55. The van der Waals surface area contributed by atoms with Gasteiger partial charge in [-0.3, -0.25) is 14.8 Å². The number of aliphatic imine (C=N–C) groups is 1. The second-order valence-corrected chi connectivity index (χ2v) is 8.08. The number of carbonyl (C=O) groups excluding carboxylic acids is 1. The van der Waals surface area contributed by atoms with Crippen LogP contribution in [0.4, 0.5) is 0 Å². The Hall–Kier alpha value is -2.57. The molecule has 1 aromatic heterocycles. The van der Waals surface area contributed by atoms with Crippen LogP contribution in [0.15, 0.2) is 47.6 Å². The van der Waals surface area contributed by atoms with Crippen molar-refractivity contribution < 1.29 is 14.3 Å². The summed E-state index contributed by atoms with van der Waals surface area (Å²) in [7, 11) is 1.68. The standard InChI is InChI=1S/C24H29N3O3/c1-17-15-27(8-9-30-17)24-23-14-25-21(10-19(23)13-26-24)12-22(28)11-20(16-29-2)18-6-4-3-5-7-18/h3-7,10,14,17,20H,8-9,11-13,15-16H2,1-2H3/t17?,20-/m1/s1. The smallest absolute Gasteiger partial charge is 0.139 e. The highest BCUT2D eigenvalue weighted by Crippen LogP contribution is 2.24. The molecule has 1 saturated heterocycles. The van der Waals surface area contributed by atoms with Gasteiger partial charge in [0.15, 0.2) is 0 Å². The van der Waals surface area contributed by atoms with E-state index < -0.39 is 0 Å².